The quantitative estimate of drug-likeness (QED) is 0.0887. The van der Waals surface area contributed by atoms with Gasteiger partial charge in [-0.2, -0.15) is 8.78 Å². The number of fused-ring (bicyclic) bond motifs is 2. The zero-order chi connectivity index (χ0) is 50.7. The Labute approximate surface area is 412 Å². The summed E-state index contributed by atoms with van der Waals surface area (Å²) in [5, 5.41) is 5.44. The topological polar surface area (TPSA) is 213 Å². The van der Waals surface area contributed by atoms with Crippen molar-refractivity contribution < 1.29 is 51.8 Å². The third-order valence-corrected chi connectivity index (χ3v) is 16.8. The number of amides is 5. The Morgan fingerprint density at radius 2 is 1.65 bits per heavy atom. The van der Waals surface area contributed by atoms with Crippen LogP contribution in [0, 0.1) is 17.3 Å². The molecule has 0 saturated carbocycles. The van der Waals surface area contributed by atoms with Crippen LogP contribution in [0.4, 0.5) is 14.5 Å². The second-order valence-electron chi connectivity index (χ2n) is 20.3. The second kappa shape index (κ2) is 19.3. The fourth-order valence-corrected chi connectivity index (χ4v) is 12.2. The van der Waals surface area contributed by atoms with Gasteiger partial charge in [-0.3, -0.25) is 43.0 Å². The number of hydrogen-bond acceptors (Lipinski definition) is 10. The molecule has 0 spiro atoms. The van der Waals surface area contributed by atoms with Gasteiger partial charge in [-0.05, 0) is 96.7 Å². The molecule has 4 aliphatic heterocycles. The monoisotopic (exact) mass is 1020 g/mol. The largest absolute Gasteiger partial charge is 0.399 e. The average Bonchev–Trinajstić information content (AvgIpc) is 4.03. The summed E-state index contributed by atoms with van der Waals surface area (Å²) in [6, 6.07) is 17.2. The minimum absolute atomic E-state index is 0.104. The number of ether oxygens (including phenoxy) is 1. The summed E-state index contributed by atoms with van der Waals surface area (Å²) >= 11 is 0.988. The Bertz CT molecular complexity index is 3010. The van der Waals surface area contributed by atoms with Gasteiger partial charge in [0.1, 0.15) is 24.2 Å². The molecule has 4 N–H and O–H groups in total. The smallest absolute Gasteiger partial charge is 0.371 e. The molecule has 0 aliphatic carbocycles. The van der Waals surface area contributed by atoms with Gasteiger partial charge in [-0.15, -0.1) is 11.3 Å². The number of nitrogens with one attached hydrogen (secondary N) is 2. The molecule has 4 aliphatic rings. The molecule has 0 radical (unpaired) electrons. The molecule has 4 fully saturated rings. The number of carbonyl (C=O) groups is 5. The van der Waals surface area contributed by atoms with Crippen LogP contribution in [0.3, 0.4) is 0 Å². The van der Waals surface area contributed by atoms with E-state index in [1.807, 2.05) is 69.3 Å². The molecular weight excluding hydrogens is 960 g/mol. The molecule has 5 atom stereocenters. The van der Waals surface area contributed by atoms with Gasteiger partial charge in [0.15, 0.2) is 0 Å². The first-order valence-corrected chi connectivity index (χ1v) is 26.4. The molecule has 71 heavy (non-hydrogen) atoms. The first-order chi connectivity index (χ1) is 33.6. The number of alkyl halides is 2. The Hall–Kier alpha value is -5.79. The highest BCUT2D eigenvalue weighted by Gasteiger charge is 2.51. The molecule has 1 unspecified atom stereocenters. The highest BCUT2D eigenvalue weighted by atomic mass is 32.1. The lowest BCUT2D eigenvalue weighted by atomic mass is 9.82. The van der Waals surface area contributed by atoms with E-state index in [0.717, 1.165) is 47.6 Å². The zero-order valence-electron chi connectivity index (χ0n) is 39.9. The first kappa shape index (κ1) is 50.2. The minimum atomic E-state index is -5.83. The molecule has 21 heteroatoms. The number of imide groups is 1. The number of aromatic nitrogens is 2. The summed E-state index contributed by atoms with van der Waals surface area (Å²) in [4.78, 5) is 107. The predicted molar refractivity (Wildman–Crippen MR) is 262 cm³/mol. The summed E-state index contributed by atoms with van der Waals surface area (Å²) in [7, 11) is -4.17. The van der Waals surface area contributed by atoms with Crippen molar-refractivity contribution in [2.24, 2.45) is 24.3 Å². The van der Waals surface area contributed by atoms with Crippen molar-refractivity contribution in [2.75, 3.05) is 44.2 Å². The third-order valence-electron chi connectivity index (χ3n) is 14.7. The van der Waals surface area contributed by atoms with Crippen LogP contribution in [0.15, 0.2) is 77.6 Å². The van der Waals surface area contributed by atoms with Crippen LogP contribution in [-0.4, -0.2) is 110 Å². The molecule has 3 aromatic carbocycles. The minimum Gasteiger partial charge on any atom is -0.371 e. The Kier molecular flexibility index (Phi) is 13.7. The van der Waals surface area contributed by atoms with Crippen LogP contribution >= 0.6 is 18.9 Å². The van der Waals surface area contributed by atoms with Crippen molar-refractivity contribution in [3.8, 4) is 0 Å². The van der Waals surface area contributed by atoms with Crippen molar-refractivity contribution in [1.29, 1.82) is 0 Å². The maximum absolute atomic E-state index is 15.1. The number of imidazole rings is 1. The van der Waals surface area contributed by atoms with E-state index in [9.17, 15) is 42.3 Å². The van der Waals surface area contributed by atoms with Gasteiger partial charge in [-0.1, -0.05) is 57.2 Å². The number of halogens is 2. The Balaban J connectivity index is 0.935. The highest BCUT2D eigenvalue weighted by molar-refractivity contribution is 7.52. The molecular formula is C50H58F2N7O10PS. The van der Waals surface area contributed by atoms with E-state index >= 15 is 9.59 Å². The number of anilines is 1. The number of hydrogen-bond donors (Lipinski definition) is 4. The number of rotatable bonds is 11. The van der Waals surface area contributed by atoms with Crippen molar-refractivity contribution >= 4 is 75.3 Å². The number of piperidine rings is 2. The lowest BCUT2D eigenvalue weighted by Crippen LogP contribution is -2.59. The van der Waals surface area contributed by atoms with Gasteiger partial charge in [0.05, 0.1) is 29.1 Å². The van der Waals surface area contributed by atoms with Gasteiger partial charge in [0.2, 0.25) is 23.6 Å². The zero-order valence-corrected chi connectivity index (χ0v) is 41.6. The van der Waals surface area contributed by atoms with Crippen molar-refractivity contribution in [3.63, 3.8) is 0 Å². The molecule has 6 heterocycles. The van der Waals surface area contributed by atoms with E-state index in [-0.39, 0.29) is 65.1 Å². The Morgan fingerprint density at radius 3 is 2.34 bits per heavy atom. The van der Waals surface area contributed by atoms with Gasteiger partial charge >= 0.3 is 18.9 Å². The number of benzene rings is 3. The SMILES string of the molecule is Cn1c(=O)n(C2CCC(=O)NC2=O)c2ccc(N3CCC(C[C@@H]4CCN(C(=O)[C@@H](NC(=O)c5cc6cc(C(F)(F)P(=O)(O)O)ccc6s5)C(C)(C)C)[C@@H]4C(=O)N4CCO[C@H](c5ccccc5)C4)CC3)cc21. The van der Waals surface area contributed by atoms with Crippen LogP contribution in [0.2, 0.25) is 0 Å². The molecule has 5 aromatic rings. The summed E-state index contributed by atoms with van der Waals surface area (Å²) in [6.45, 7) is 8.08. The van der Waals surface area contributed by atoms with E-state index in [2.05, 4.69) is 15.5 Å². The molecule has 0 bridgehead atoms. The number of likely N-dealkylation sites (tertiary alicyclic amines) is 1. The number of nitrogens with zero attached hydrogens (tertiary/aromatic N) is 5. The number of carbonyl (C=O) groups excluding carboxylic acids is 5. The van der Waals surface area contributed by atoms with Gasteiger partial charge in [0.25, 0.3) is 5.91 Å². The van der Waals surface area contributed by atoms with E-state index in [4.69, 9.17) is 4.74 Å². The fourth-order valence-electron chi connectivity index (χ4n) is 10.8. The van der Waals surface area contributed by atoms with Crippen molar-refractivity contribution in [1.82, 2.24) is 29.6 Å². The molecule has 17 nitrogen and oxygen atoms in total. The number of aryl methyl sites for hydroxylation is 1. The van der Waals surface area contributed by atoms with Crippen LogP contribution in [0.25, 0.3) is 21.1 Å². The Morgan fingerprint density at radius 1 is 0.915 bits per heavy atom. The van der Waals surface area contributed by atoms with E-state index in [0.29, 0.717) is 61.4 Å². The maximum Gasteiger partial charge on any atom is 0.399 e. The third kappa shape index (κ3) is 9.80. The molecule has 378 valence electrons. The maximum atomic E-state index is 15.1. The van der Waals surface area contributed by atoms with Crippen LogP contribution in [-0.2, 0) is 41.2 Å². The van der Waals surface area contributed by atoms with E-state index < -0.39 is 60.1 Å². The van der Waals surface area contributed by atoms with E-state index in [1.165, 1.54) is 21.3 Å². The number of morpholine rings is 1. The average molecular weight is 1020 g/mol. The lowest BCUT2D eigenvalue weighted by Gasteiger charge is -2.40. The molecule has 9 rings (SSSR count). The second-order valence-corrected chi connectivity index (χ2v) is 23.1. The predicted octanol–water partition coefficient (Wildman–Crippen LogP) is 6.03. The molecule has 5 amide bonds. The summed E-state index contributed by atoms with van der Waals surface area (Å²) in [6.07, 6.45) is 2.89. The van der Waals surface area contributed by atoms with Crippen molar-refractivity contribution in [2.45, 2.75) is 89.2 Å². The standard InChI is InChI=1S/C50H58F2N7O10PS/c1-49(2,3)43(54-45(62)40-26-32-25-33(10-14-39(32)71-40)50(51,52)70(66,67)68)47(64)58-21-18-31(42(58)46(63)57-22-23-69-38(28-57)30-8-6-5-7-9-30)24-29-16-19-56(20-17-29)34-11-12-35-37(27-34)55(4)48(65)59(35)36-13-15-41(60)53-44(36)61/h5-12,14,25-27,29,31,36,38,42-43H,13,15-24,28H2,1-4H3,(H,54,62)(H,53,60,61)(H2,66,67,68)/t31-,36?,38-,42-,43+/m0/s1. The van der Waals surface area contributed by atoms with E-state index in [1.54, 1.807) is 16.8 Å². The summed E-state index contributed by atoms with van der Waals surface area (Å²) in [5.41, 5.74) is -3.37. The first-order valence-electron chi connectivity index (χ1n) is 23.9. The van der Waals surface area contributed by atoms with Crippen molar-refractivity contribution in [3.05, 3.63) is 99.3 Å². The van der Waals surface area contributed by atoms with Gasteiger partial charge in [0, 0.05) is 55.6 Å². The molecule has 2 aromatic heterocycles. The summed E-state index contributed by atoms with van der Waals surface area (Å²) in [5.74, 6) is -2.07. The highest BCUT2D eigenvalue weighted by Crippen LogP contribution is 2.59. The van der Waals surface area contributed by atoms with Gasteiger partial charge < -0.3 is 34.5 Å². The van der Waals surface area contributed by atoms with Gasteiger partial charge in [-0.25, -0.2) is 4.79 Å². The lowest BCUT2D eigenvalue weighted by molar-refractivity contribution is -0.152. The van der Waals surface area contributed by atoms with Crippen LogP contribution in [0.1, 0.15) is 92.2 Å². The van der Waals surface area contributed by atoms with Crippen LogP contribution in [0.5, 0.6) is 0 Å². The normalized spacial score (nSPS) is 22.3. The van der Waals surface area contributed by atoms with Crippen LogP contribution < -0.4 is 21.2 Å². The molecule has 4 saturated heterocycles. The number of thiophene rings is 1. The summed E-state index contributed by atoms with van der Waals surface area (Å²) < 4.78 is 50.4. The fraction of sp³-hybridized carbons (Fsp3) is 0.480.